The molecule has 4 nitrogen and oxygen atoms in total. The molecule has 1 saturated carbocycles. The molecule has 2 rings (SSSR count). The van der Waals surface area contributed by atoms with Gasteiger partial charge in [-0.05, 0) is 30.5 Å². The normalized spacial score (nSPS) is 25.1. The van der Waals surface area contributed by atoms with Crippen LogP contribution in [0.4, 0.5) is 5.69 Å². The Bertz CT molecular complexity index is 479. The van der Waals surface area contributed by atoms with E-state index < -0.39 is 0 Å². The van der Waals surface area contributed by atoms with Gasteiger partial charge in [0.15, 0.2) is 5.96 Å². The largest absolute Gasteiger partial charge is 0.381 e. The van der Waals surface area contributed by atoms with Gasteiger partial charge < -0.3 is 15.8 Å². The standard InChI is InChI=1S/C16H25N3O/c1-5-11-6-8-12(9-7-11)18-15(17)19-13-10-14(20-4)16(13,2)3/h6-9,13-14H,5,10H2,1-4H3,(H3,17,18,19). The highest BCUT2D eigenvalue weighted by molar-refractivity contribution is 5.92. The maximum Gasteiger partial charge on any atom is 0.193 e. The quantitative estimate of drug-likeness (QED) is 0.656. The van der Waals surface area contributed by atoms with Crippen molar-refractivity contribution in [1.29, 1.82) is 0 Å². The van der Waals surface area contributed by atoms with Gasteiger partial charge in [-0.3, -0.25) is 0 Å². The van der Waals surface area contributed by atoms with E-state index in [0.29, 0.717) is 5.96 Å². The first-order valence-corrected chi connectivity index (χ1v) is 7.19. The Morgan fingerprint density at radius 1 is 1.40 bits per heavy atom. The van der Waals surface area contributed by atoms with Crippen molar-refractivity contribution in [2.24, 2.45) is 16.1 Å². The SMILES string of the molecule is CCc1ccc(NC(N)=NC2CC(OC)C2(C)C)cc1. The van der Waals surface area contributed by atoms with Crippen molar-refractivity contribution in [3.8, 4) is 0 Å². The minimum absolute atomic E-state index is 0.0487. The van der Waals surface area contributed by atoms with E-state index >= 15 is 0 Å². The molecule has 2 unspecified atom stereocenters. The van der Waals surface area contributed by atoms with Crippen molar-refractivity contribution in [3.05, 3.63) is 29.8 Å². The molecule has 0 aromatic heterocycles. The number of guanidine groups is 1. The fourth-order valence-electron chi connectivity index (χ4n) is 2.66. The predicted octanol–water partition coefficient (Wildman–Crippen LogP) is 2.79. The fraction of sp³-hybridized carbons (Fsp3) is 0.562. The summed E-state index contributed by atoms with van der Waals surface area (Å²) in [5, 5.41) is 3.15. The molecule has 1 aliphatic rings. The number of aliphatic imine (C=N–C) groups is 1. The van der Waals surface area contributed by atoms with Crippen molar-refractivity contribution in [3.63, 3.8) is 0 Å². The molecule has 2 atom stereocenters. The van der Waals surface area contributed by atoms with Crippen LogP contribution >= 0.6 is 0 Å². The predicted molar refractivity (Wildman–Crippen MR) is 84.0 cm³/mol. The van der Waals surface area contributed by atoms with Crippen LogP contribution in [0.5, 0.6) is 0 Å². The van der Waals surface area contributed by atoms with Crippen LogP contribution in [0, 0.1) is 5.41 Å². The van der Waals surface area contributed by atoms with E-state index in [1.807, 2.05) is 12.1 Å². The lowest BCUT2D eigenvalue weighted by Gasteiger charge is -2.48. The van der Waals surface area contributed by atoms with Gasteiger partial charge in [-0.15, -0.1) is 0 Å². The van der Waals surface area contributed by atoms with Crippen LogP contribution in [0.1, 0.15) is 32.8 Å². The average Bonchev–Trinajstić information content (AvgIpc) is 2.43. The zero-order chi connectivity index (χ0) is 14.8. The number of benzene rings is 1. The molecule has 0 radical (unpaired) electrons. The molecule has 0 saturated heterocycles. The van der Waals surface area contributed by atoms with E-state index in [4.69, 9.17) is 10.5 Å². The third kappa shape index (κ3) is 2.96. The van der Waals surface area contributed by atoms with Gasteiger partial charge in [-0.25, -0.2) is 4.99 Å². The van der Waals surface area contributed by atoms with Gasteiger partial charge in [-0.1, -0.05) is 32.9 Å². The van der Waals surface area contributed by atoms with Crippen LogP contribution in [0.25, 0.3) is 0 Å². The van der Waals surface area contributed by atoms with Crippen molar-refractivity contribution in [1.82, 2.24) is 0 Å². The first-order chi connectivity index (χ1) is 9.47. The molecular formula is C16H25N3O. The monoisotopic (exact) mass is 275 g/mol. The molecule has 1 aromatic rings. The van der Waals surface area contributed by atoms with Crippen LogP contribution in [0.15, 0.2) is 29.3 Å². The number of hydrogen-bond donors (Lipinski definition) is 2. The summed E-state index contributed by atoms with van der Waals surface area (Å²) in [4.78, 5) is 4.57. The van der Waals surface area contributed by atoms with E-state index in [2.05, 4.69) is 43.2 Å². The van der Waals surface area contributed by atoms with Crippen molar-refractivity contribution >= 4 is 11.6 Å². The number of nitrogens with zero attached hydrogens (tertiary/aromatic N) is 1. The molecule has 1 aliphatic carbocycles. The molecule has 4 heteroatoms. The van der Waals surface area contributed by atoms with Crippen LogP contribution in [-0.2, 0) is 11.2 Å². The summed E-state index contributed by atoms with van der Waals surface area (Å²) in [6.45, 7) is 6.48. The Morgan fingerprint density at radius 2 is 2.05 bits per heavy atom. The zero-order valence-electron chi connectivity index (χ0n) is 12.8. The van der Waals surface area contributed by atoms with Crippen LogP contribution in [-0.4, -0.2) is 25.2 Å². The number of nitrogens with one attached hydrogen (secondary N) is 1. The lowest BCUT2D eigenvalue weighted by atomic mass is 9.65. The Labute approximate surface area is 121 Å². The summed E-state index contributed by atoms with van der Waals surface area (Å²) < 4.78 is 5.43. The molecule has 1 aromatic carbocycles. The summed E-state index contributed by atoms with van der Waals surface area (Å²) in [5.41, 5.74) is 8.33. The molecule has 0 aliphatic heterocycles. The van der Waals surface area contributed by atoms with Gasteiger partial charge in [0, 0.05) is 18.2 Å². The molecule has 20 heavy (non-hydrogen) atoms. The minimum Gasteiger partial charge on any atom is -0.381 e. The zero-order valence-corrected chi connectivity index (χ0v) is 12.8. The molecular weight excluding hydrogens is 250 g/mol. The highest BCUT2D eigenvalue weighted by Gasteiger charge is 2.48. The van der Waals surface area contributed by atoms with Crippen LogP contribution < -0.4 is 11.1 Å². The van der Waals surface area contributed by atoms with E-state index in [1.54, 1.807) is 7.11 Å². The van der Waals surface area contributed by atoms with Gasteiger partial charge in [-0.2, -0.15) is 0 Å². The average molecular weight is 275 g/mol. The first-order valence-electron chi connectivity index (χ1n) is 7.19. The van der Waals surface area contributed by atoms with Crippen molar-refractivity contribution in [2.45, 2.75) is 45.8 Å². The second-order valence-corrected chi connectivity index (χ2v) is 5.99. The fourth-order valence-corrected chi connectivity index (χ4v) is 2.66. The Hall–Kier alpha value is -1.55. The van der Waals surface area contributed by atoms with Crippen LogP contribution in [0.2, 0.25) is 0 Å². The molecule has 110 valence electrons. The Morgan fingerprint density at radius 3 is 2.55 bits per heavy atom. The summed E-state index contributed by atoms with van der Waals surface area (Å²) in [6.07, 6.45) is 2.24. The van der Waals surface area contributed by atoms with E-state index in [-0.39, 0.29) is 17.6 Å². The number of rotatable bonds is 4. The molecule has 0 amide bonds. The topological polar surface area (TPSA) is 59.6 Å². The number of methoxy groups -OCH3 is 1. The number of anilines is 1. The smallest absolute Gasteiger partial charge is 0.193 e. The van der Waals surface area contributed by atoms with Gasteiger partial charge in [0.1, 0.15) is 0 Å². The second-order valence-electron chi connectivity index (χ2n) is 5.99. The Balaban J connectivity index is 1.97. The second kappa shape index (κ2) is 5.83. The molecule has 3 N–H and O–H groups in total. The summed E-state index contributed by atoms with van der Waals surface area (Å²) in [5.74, 6) is 0.474. The summed E-state index contributed by atoms with van der Waals surface area (Å²) >= 11 is 0. The molecule has 0 heterocycles. The summed E-state index contributed by atoms with van der Waals surface area (Å²) in [7, 11) is 1.75. The van der Waals surface area contributed by atoms with Gasteiger partial charge >= 0.3 is 0 Å². The van der Waals surface area contributed by atoms with E-state index in [0.717, 1.165) is 18.5 Å². The third-order valence-corrected chi connectivity index (χ3v) is 4.34. The van der Waals surface area contributed by atoms with E-state index in [9.17, 15) is 0 Å². The first kappa shape index (κ1) is 14.9. The summed E-state index contributed by atoms with van der Waals surface area (Å²) in [6, 6.07) is 8.49. The molecule has 0 bridgehead atoms. The number of ether oxygens (including phenoxy) is 1. The van der Waals surface area contributed by atoms with Crippen LogP contribution in [0.3, 0.4) is 0 Å². The third-order valence-electron chi connectivity index (χ3n) is 4.34. The van der Waals surface area contributed by atoms with Crippen molar-refractivity contribution < 1.29 is 4.74 Å². The van der Waals surface area contributed by atoms with Gasteiger partial charge in [0.2, 0.25) is 0 Å². The van der Waals surface area contributed by atoms with Gasteiger partial charge in [0.25, 0.3) is 0 Å². The number of nitrogens with two attached hydrogens (primary N) is 1. The highest BCUT2D eigenvalue weighted by Crippen LogP contribution is 2.44. The number of aryl methyl sites for hydroxylation is 1. The van der Waals surface area contributed by atoms with E-state index in [1.165, 1.54) is 5.56 Å². The minimum atomic E-state index is 0.0487. The van der Waals surface area contributed by atoms with Gasteiger partial charge in [0.05, 0.1) is 12.1 Å². The lowest BCUT2D eigenvalue weighted by Crippen LogP contribution is -2.54. The Kier molecular flexibility index (Phi) is 4.33. The molecule has 0 spiro atoms. The highest BCUT2D eigenvalue weighted by atomic mass is 16.5. The molecule has 1 fully saturated rings. The number of hydrogen-bond acceptors (Lipinski definition) is 2. The maximum atomic E-state index is 5.99. The maximum absolute atomic E-state index is 5.99. The van der Waals surface area contributed by atoms with Crippen molar-refractivity contribution in [2.75, 3.05) is 12.4 Å². The lowest BCUT2D eigenvalue weighted by molar-refractivity contribution is -0.0850.